The van der Waals surface area contributed by atoms with E-state index >= 15 is 0 Å². The predicted octanol–water partition coefficient (Wildman–Crippen LogP) is 2.11. The number of nitrogens with zero attached hydrogens (tertiary/aromatic N) is 2. The molecule has 0 aromatic heterocycles. The van der Waals surface area contributed by atoms with Crippen molar-refractivity contribution in [1.82, 2.24) is 4.90 Å². The Labute approximate surface area is 116 Å². The number of morpholine rings is 1. The van der Waals surface area contributed by atoms with E-state index in [0.29, 0.717) is 36.9 Å². The molecular formula is C14H13ClN2O2. The Hall–Kier alpha value is -1.83. The van der Waals surface area contributed by atoms with E-state index in [1.54, 1.807) is 23.1 Å². The highest BCUT2D eigenvalue weighted by molar-refractivity contribution is 6.32. The summed E-state index contributed by atoms with van der Waals surface area (Å²) >= 11 is 6.02. The molecule has 1 aromatic carbocycles. The van der Waals surface area contributed by atoms with E-state index in [1.165, 1.54) is 6.08 Å². The number of halogens is 1. The fraction of sp³-hybridized carbons (Fsp3) is 0.286. The van der Waals surface area contributed by atoms with E-state index in [9.17, 15) is 4.79 Å². The Morgan fingerprint density at radius 1 is 1.37 bits per heavy atom. The summed E-state index contributed by atoms with van der Waals surface area (Å²) in [6.45, 7) is 2.05. The second kappa shape index (κ2) is 6.37. The van der Waals surface area contributed by atoms with Crippen molar-refractivity contribution >= 4 is 23.6 Å². The van der Waals surface area contributed by atoms with Crippen LogP contribution < -0.4 is 0 Å². The summed E-state index contributed by atoms with van der Waals surface area (Å²) in [6, 6.07) is 9.05. The lowest BCUT2D eigenvalue weighted by Gasteiger charge is -2.26. The molecule has 2 rings (SSSR count). The minimum absolute atomic E-state index is 0.0926. The van der Waals surface area contributed by atoms with E-state index in [4.69, 9.17) is 21.6 Å². The van der Waals surface area contributed by atoms with Crippen molar-refractivity contribution in [2.24, 2.45) is 0 Å². The van der Waals surface area contributed by atoms with Gasteiger partial charge in [0, 0.05) is 18.1 Å². The zero-order valence-corrected chi connectivity index (χ0v) is 11.1. The van der Waals surface area contributed by atoms with Gasteiger partial charge in [-0.25, -0.2) is 0 Å². The van der Waals surface area contributed by atoms with Crippen LogP contribution in [0.2, 0.25) is 5.02 Å². The SMILES string of the molecule is N#C/C(=C\c1ccccc1Cl)C(=O)N1CCOCC1. The van der Waals surface area contributed by atoms with Gasteiger partial charge in [-0.05, 0) is 17.7 Å². The van der Waals surface area contributed by atoms with E-state index in [0.717, 1.165) is 0 Å². The molecule has 1 aliphatic heterocycles. The number of benzene rings is 1. The number of amides is 1. The third-order valence-electron chi connectivity index (χ3n) is 2.85. The summed E-state index contributed by atoms with van der Waals surface area (Å²) in [5.41, 5.74) is 0.761. The van der Waals surface area contributed by atoms with Crippen molar-refractivity contribution in [1.29, 1.82) is 5.26 Å². The van der Waals surface area contributed by atoms with Crippen LogP contribution in [0.15, 0.2) is 29.8 Å². The number of ether oxygens (including phenoxy) is 1. The first-order valence-electron chi connectivity index (χ1n) is 5.95. The summed E-state index contributed by atoms with van der Waals surface area (Å²) in [4.78, 5) is 13.8. The molecule has 4 nitrogen and oxygen atoms in total. The third kappa shape index (κ3) is 3.34. The molecule has 0 unspecified atom stereocenters. The maximum atomic E-state index is 12.2. The van der Waals surface area contributed by atoms with Crippen molar-refractivity contribution in [3.05, 3.63) is 40.4 Å². The molecule has 0 atom stereocenters. The Morgan fingerprint density at radius 3 is 2.68 bits per heavy atom. The van der Waals surface area contributed by atoms with Crippen LogP contribution in [0.1, 0.15) is 5.56 Å². The van der Waals surface area contributed by atoms with Crippen LogP contribution in [0.5, 0.6) is 0 Å². The van der Waals surface area contributed by atoms with Crippen LogP contribution in [-0.2, 0) is 9.53 Å². The summed E-state index contributed by atoms with van der Waals surface area (Å²) in [5, 5.41) is 9.66. The van der Waals surface area contributed by atoms with Gasteiger partial charge in [0.05, 0.1) is 13.2 Å². The van der Waals surface area contributed by atoms with Crippen LogP contribution in [0.25, 0.3) is 6.08 Å². The van der Waals surface area contributed by atoms with Gasteiger partial charge in [-0.1, -0.05) is 29.8 Å². The van der Waals surface area contributed by atoms with E-state index < -0.39 is 0 Å². The van der Waals surface area contributed by atoms with Gasteiger partial charge in [-0.15, -0.1) is 0 Å². The van der Waals surface area contributed by atoms with Crippen LogP contribution in [0.3, 0.4) is 0 Å². The first kappa shape index (κ1) is 13.6. The van der Waals surface area contributed by atoms with Crippen molar-refractivity contribution in [3.63, 3.8) is 0 Å². The lowest BCUT2D eigenvalue weighted by atomic mass is 10.1. The monoisotopic (exact) mass is 276 g/mol. The molecular weight excluding hydrogens is 264 g/mol. The van der Waals surface area contributed by atoms with Gasteiger partial charge < -0.3 is 9.64 Å². The van der Waals surface area contributed by atoms with E-state index in [-0.39, 0.29) is 11.5 Å². The maximum Gasteiger partial charge on any atom is 0.264 e. The predicted molar refractivity (Wildman–Crippen MR) is 72.4 cm³/mol. The molecule has 19 heavy (non-hydrogen) atoms. The Bertz CT molecular complexity index is 543. The summed E-state index contributed by atoms with van der Waals surface area (Å²) < 4.78 is 5.18. The number of carbonyl (C=O) groups excluding carboxylic acids is 1. The van der Waals surface area contributed by atoms with Crippen LogP contribution in [-0.4, -0.2) is 37.1 Å². The topological polar surface area (TPSA) is 53.3 Å². The second-order valence-corrected chi connectivity index (χ2v) is 4.50. The Morgan fingerprint density at radius 2 is 2.05 bits per heavy atom. The van der Waals surface area contributed by atoms with Gasteiger partial charge in [0.15, 0.2) is 0 Å². The molecule has 1 amide bonds. The van der Waals surface area contributed by atoms with Gasteiger partial charge in [0.2, 0.25) is 0 Å². The molecule has 0 saturated carbocycles. The summed E-state index contributed by atoms with van der Waals surface area (Å²) in [7, 11) is 0. The molecule has 1 saturated heterocycles. The largest absolute Gasteiger partial charge is 0.378 e. The molecule has 0 aliphatic carbocycles. The molecule has 1 aliphatic rings. The van der Waals surface area contributed by atoms with E-state index in [2.05, 4.69) is 0 Å². The highest BCUT2D eigenvalue weighted by atomic mass is 35.5. The highest BCUT2D eigenvalue weighted by Gasteiger charge is 2.20. The smallest absolute Gasteiger partial charge is 0.264 e. The quantitative estimate of drug-likeness (QED) is 0.614. The summed E-state index contributed by atoms with van der Waals surface area (Å²) in [5.74, 6) is -0.272. The lowest BCUT2D eigenvalue weighted by Crippen LogP contribution is -2.41. The van der Waals surface area contributed by atoms with Gasteiger partial charge in [0.25, 0.3) is 5.91 Å². The third-order valence-corrected chi connectivity index (χ3v) is 3.20. The number of nitriles is 1. The average molecular weight is 277 g/mol. The zero-order valence-electron chi connectivity index (χ0n) is 10.3. The molecule has 0 N–H and O–H groups in total. The number of carbonyl (C=O) groups is 1. The average Bonchev–Trinajstić information content (AvgIpc) is 2.47. The van der Waals surface area contributed by atoms with Gasteiger partial charge in [-0.2, -0.15) is 5.26 Å². The highest BCUT2D eigenvalue weighted by Crippen LogP contribution is 2.19. The molecule has 98 valence electrons. The van der Waals surface area contributed by atoms with Crippen LogP contribution >= 0.6 is 11.6 Å². The fourth-order valence-corrected chi connectivity index (χ4v) is 2.02. The minimum Gasteiger partial charge on any atom is -0.378 e. The van der Waals surface area contributed by atoms with Gasteiger partial charge in [0.1, 0.15) is 11.6 Å². The summed E-state index contributed by atoms with van der Waals surface area (Å²) in [6.07, 6.45) is 1.53. The molecule has 0 radical (unpaired) electrons. The lowest BCUT2D eigenvalue weighted by molar-refractivity contribution is -0.130. The van der Waals surface area contributed by atoms with Crippen molar-refractivity contribution in [2.45, 2.75) is 0 Å². The standard InChI is InChI=1S/C14H13ClN2O2/c15-13-4-2-1-3-11(13)9-12(10-16)14(18)17-5-7-19-8-6-17/h1-4,9H,5-8H2/b12-9+. The Balaban J connectivity index is 2.22. The molecule has 0 bridgehead atoms. The number of rotatable bonds is 2. The molecule has 1 fully saturated rings. The zero-order chi connectivity index (χ0) is 13.7. The minimum atomic E-state index is -0.272. The van der Waals surface area contributed by atoms with Crippen molar-refractivity contribution in [2.75, 3.05) is 26.3 Å². The number of hydrogen-bond donors (Lipinski definition) is 0. The maximum absolute atomic E-state index is 12.2. The van der Waals surface area contributed by atoms with Crippen LogP contribution in [0.4, 0.5) is 0 Å². The molecule has 0 spiro atoms. The van der Waals surface area contributed by atoms with Crippen LogP contribution in [0, 0.1) is 11.3 Å². The van der Waals surface area contributed by atoms with Gasteiger partial charge >= 0.3 is 0 Å². The molecule has 5 heteroatoms. The first-order valence-corrected chi connectivity index (χ1v) is 6.33. The molecule has 1 aromatic rings. The number of hydrogen-bond acceptors (Lipinski definition) is 3. The van der Waals surface area contributed by atoms with Crippen molar-refractivity contribution in [3.8, 4) is 6.07 Å². The normalized spacial score (nSPS) is 16.0. The second-order valence-electron chi connectivity index (χ2n) is 4.10. The Kier molecular flexibility index (Phi) is 4.56. The fourth-order valence-electron chi connectivity index (χ4n) is 1.83. The first-order chi connectivity index (χ1) is 9.22. The van der Waals surface area contributed by atoms with Crippen molar-refractivity contribution < 1.29 is 9.53 Å². The van der Waals surface area contributed by atoms with E-state index in [1.807, 2.05) is 12.1 Å². The molecule has 1 heterocycles. The van der Waals surface area contributed by atoms with Gasteiger partial charge in [-0.3, -0.25) is 4.79 Å².